The molecule has 2 aromatic heterocycles. The van der Waals surface area contributed by atoms with Gasteiger partial charge in [0.1, 0.15) is 23.9 Å². The lowest BCUT2D eigenvalue weighted by molar-refractivity contribution is -0.0497. The number of methoxy groups -OCH3 is 2. The van der Waals surface area contributed by atoms with E-state index in [1.54, 1.807) is 14.2 Å². The molecule has 2 aromatic rings. The van der Waals surface area contributed by atoms with Gasteiger partial charge in [-0.3, -0.25) is 4.57 Å². The van der Waals surface area contributed by atoms with Gasteiger partial charge in [-0.05, 0) is 13.8 Å². The Kier molecular flexibility index (Phi) is 3.98. The molecule has 0 saturated carbocycles. The third-order valence-corrected chi connectivity index (χ3v) is 3.97. The Morgan fingerprint density at radius 3 is 2.59 bits per heavy atom. The molecule has 3 atom stereocenters. The molecular formula is C14H21N5O3. The molecule has 0 amide bonds. The minimum atomic E-state index is -0.320. The van der Waals surface area contributed by atoms with Crippen LogP contribution in [0.5, 0.6) is 0 Å². The van der Waals surface area contributed by atoms with Crippen LogP contribution in [-0.4, -0.2) is 59.6 Å². The van der Waals surface area contributed by atoms with Crippen molar-refractivity contribution < 1.29 is 14.2 Å². The summed E-state index contributed by atoms with van der Waals surface area (Å²) in [7, 11) is 5.14. The molecule has 0 spiro atoms. The Morgan fingerprint density at radius 1 is 1.18 bits per heavy atom. The van der Waals surface area contributed by atoms with E-state index in [-0.39, 0.29) is 18.4 Å². The lowest BCUT2D eigenvalue weighted by Gasteiger charge is -2.22. The minimum Gasteiger partial charge on any atom is -0.376 e. The molecule has 22 heavy (non-hydrogen) atoms. The highest BCUT2D eigenvalue weighted by Gasteiger charge is 2.40. The minimum absolute atomic E-state index is 0.112. The van der Waals surface area contributed by atoms with Gasteiger partial charge in [0.2, 0.25) is 0 Å². The maximum absolute atomic E-state index is 5.90. The van der Waals surface area contributed by atoms with Crippen LogP contribution in [0.25, 0.3) is 11.2 Å². The zero-order valence-corrected chi connectivity index (χ0v) is 13.5. The summed E-state index contributed by atoms with van der Waals surface area (Å²) in [6, 6.07) is 0. The summed E-state index contributed by atoms with van der Waals surface area (Å²) in [5, 5.41) is 3.06. The number of aryl methyl sites for hydroxylation is 2. The van der Waals surface area contributed by atoms with Gasteiger partial charge in [-0.15, -0.1) is 0 Å². The molecule has 1 fully saturated rings. The molecule has 3 heterocycles. The third kappa shape index (κ3) is 2.23. The van der Waals surface area contributed by atoms with Gasteiger partial charge in [-0.2, -0.15) is 0 Å². The summed E-state index contributed by atoms with van der Waals surface area (Å²) in [5.41, 5.74) is 1.46. The van der Waals surface area contributed by atoms with Crippen LogP contribution in [0.4, 0.5) is 5.82 Å². The summed E-state index contributed by atoms with van der Waals surface area (Å²) < 4.78 is 18.9. The second kappa shape index (κ2) is 5.79. The topological polar surface area (TPSA) is 83.3 Å². The third-order valence-electron chi connectivity index (χ3n) is 3.97. The molecule has 2 unspecified atom stereocenters. The van der Waals surface area contributed by atoms with E-state index in [4.69, 9.17) is 14.2 Å². The Labute approximate surface area is 128 Å². The number of hydrogen-bond acceptors (Lipinski definition) is 7. The highest BCUT2D eigenvalue weighted by molar-refractivity contribution is 5.83. The van der Waals surface area contributed by atoms with Crippen LogP contribution < -0.4 is 5.32 Å². The summed E-state index contributed by atoms with van der Waals surface area (Å²) in [6.45, 7) is 4.25. The molecule has 3 rings (SSSR count). The lowest BCUT2D eigenvalue weighted by Crippen LogP contribution is -2.32. The van der Waals surface area contributed by atoms with E-state index < -0.39 is 0 Å². The van der Waals surface area contributed by atoms with Gasteiger partial charge in [0.15, 0.2) is 23.2 Å². The number of fused-ring (bicyclic) bond motifs is 1. The molecular weight excluding hydrogens is 286 g/mol. The SMILES string of the molecule is CNc1nc(C)nc2c1nc(C)n2[C@@H]1OCC(OC)C1OC. The van der Waals surface area contributed by atoms with Crippen molar-refractivity contribution in [1.82, 2.24) is 19.5 Å². The van der Waals surface area contributed by atoms with Gasteiger partial charge in [0.25, 0.3) is 0 Å². The van der Waals surface area contributed by atoms with Crippen molar-refractivity contribution in [2.24, 2.45) is 0 Å². The number of ether oxygens (including phenoxy) is 3. The number of nitrogens with one attached hydrogen (secondary N) is 1. The van der Waals surface area contributed by atoms with E-state index in [2.05, 4.69) is 20.3 Å². The van der Waals surface area contributed by atoms with Gasteiger partial charge in [0.05, 0.1) is 6.61 Å². The molecule has 0 bridgehead atoms. The molecule has 1 aliphatic heterocycles. The number of anilines is 1. The Balaban J connectivity index is 2.15. The number of rotatable bonds is 4. The molecule has 1 aliphatic rings. The summed E-state index contributed by atoms with van der Waals surface area (Å²) in [5.74, 6) is 2.18. The fourth-order valence-electron chi connectivity index (χ4n) is 2.93. The fourth-order valence-corrected chi connectivity index (χ4v) is 2.93. The first kappa shape index (κ1) is 15.1. The van der Waals surface area contributed by atoms with Crippen LogP contribution in [0.1, 0.15) is 17.9 Å². The van der Waals surface area contributed by atoms with Crippen molar-refractivity contribution in [3.05, 3.63) is 11.6 Å². The first-order valence-corrected chi connectivity index (χ1v) is 7.18. The fraction of sp³-hybridized carbons (Fsp3) is 0.643. The van der Waals surface area contributed by atoms with Crippen LogP contribution >= 0.6 is 0 Å². The van der Waals surface area contributed by atoms with Crippen molar-refractivity contribution in [3.63, 3.8) is 0 Å². The smallest absolute Gasteiger partial charge is 0.168 e. The van der Waals surface area contributed by atoms with Crippen molar-refractivity contribution in [3.8, 4) is 0 Å². The van der Waals surface area contributed by atoms with Crippen LogP contribution in [0.2, 0.25) is 0 Å². The summed E-state index contributed by atoms with van der Waals surface area (Å²) in [6.07, 6.45) is -0.646. The van der Waals surface area contributed by atoms with E-state index in [1.807, 2.05) is 25.5 Å². The molecule has 8 heteroatoms. The number of nitrogens with zero attached hydrogens (tertiary/aromatic N) is 4. The van der Waals surface area contributed by atoms with Crippen molar-refractivity contribution >= 4 is 17.0 Å². The van der Waals surface area contributed by atoms with Gasteiger partial charge < -0.3 is 19.5 Å². The second-order valence-corrected chi connectivity index (χ2v) is 5.27. The highest BCUT2D eigenvalue weighted by atomic mass is 16.6. The molecule has 0 aromatic carbocycles. The van der Waals surface area contributed by atoms with Gasteiger partial charge in [-0.25, -0.2) is 15.0 Å². The maximum atomic E-state index is 5.90. The number of aromatic nitrogens is 4. The van der Waals surface area contributed by atoms with E-state index in [1.165, 1.54) is 0 Å². The maximum Gasteiger partial charge on any atom is 0.168 e. The largest absolute Gasteiger partial charge is 0.376 e. The normalized spacial score (nSPS) is 25.0. The van der Waals surface area contributed by atoms with Gasteiger partial charge in [0, 0.05) is 21.3 Å². The van der Waals surface area contributed by atoms with E-state index in [0.717, 1.165) is 17.0 Å². The summed E-state index contributed by atoms with van der Waals surface area (Å²) >= 11 is 0. The number of hydrogen-bond donors (Lipinski definition) is 1. The van der Waals surface area contributed by atoms with Crippen LogP contribution in [0.3, 0.4) is 0 Å². The Bertz CT molecular complexity index is 687. The molecule has 1 saturated heterocycles. The number of imidazole rings is 1. The first-order valence-electron chi connectivity index (χ1n) is 7.18. The van der Waals surface area contributed by atoms with Gasteiger partial charge in [-0.1, -0.05) is 0 Å². The zero-order valence-electron chi connectivity index (χ0n) is 13.5. The second-order valence-electron chi connectivity index (χ2n) is 5.27. The standard InChI is InChI=1S/C14H21N5O3/c1-7-16-12(15-3)10-13(17-7)19(8(2)18-10)14-11(21-5)9(20-4)6-22-14/h9,11,14H,6H2,1-5H3,(H,15,16,17)/t9?,11?,14-/m1/s1. The molecule has 1 N–H and O–H groups in total. The summed E-state index contributed by atoms with van der Waals surface area (Å²) in [4.78, 5) is 13.5. The van der Waals surface area contributed by atoms with E-state index >= 15 is 0 Å². The predicted molar refractivity (Wildman–Crippen MR) is 80.9 cm³/mol. The lowest BCUT2D eigenvalue weighted by atomic mass is 10.2. The zero-order chi connectivity index (χ0) is 15.9. The average molecular weight is 307 g/mol. The van der Waals surface area contributed by atoms with Crippen LogP contribution in [-0.2, 0) is 14.2 Å². The van der Waals surface area contributed by atoms with Crippen molar-refractivity contribution in [2.75, 3.05) is 33.2 Å². The Morgan fingerprint density at radius 2 is 1.95 bits per heavy atom. The van der Waals surface area contributed by atoms with Crippen molar-refractivity contribution in [1.29, 1.82) is 0 Å². The highest BCUT2D eigenvalue weighted by Crippen LogP contribution is 2.33. The van der Waals surface area contributed by atoms with Crippen molar-refractivity contribution in [2.45, 2.75) is 32.3 Å². The monoisotopic (exact) mass is 307 g/mol. The van der Waals surface area contributed by atoms with E-state index in [0.29, 0.717) is 18.2 Å². The Hall–Kier alpha value is -1.77. The predicted octanol–water partition coefficient (Wildman–Crippen LogP) is 1.04. The molecule has 120 valence electrons. The first-order chi connectivity index (χ1) is 10.6. The van der Waals surface area contributed by atoms with Gasteiger partial charge >= 0.3 is 0 Å². The molecule has 0 aliphatic carbocycles. The average Bonchev–Trinajstić information content (AvgIpc) is 3.05. The van der Waals surface area contributed by atoms with Crippen LogP contribution in [0.15, 0.2) is 0 Å². The van der Waals surface area contributed by atoms with Crippen LogP contribution in [0, 0.1) is 13.8 Å². The molecule has 8 nitrogen and oxygen atoms in total. The van der Waals surface area contributed by atoms with E-state index in [9.17, 15) is 0 Å². The quantitative estimate of drug-likeness (QED) is 0.903. The molecule has 0 radical (unpaired) electrons.